The Kier molecular flexibility index (Phi) is 3.67. The van der Waals surface area contributed by atoms with Crippen molar-refractivity contribution in [3.63, 3.8) is 0 Å². The van der Waals surface area contributed by atoms with E-state index in [0.717, 1.165) is 13.2 Å². The van der Waals surface area contributed by atoms with Gasteiger partial charge in [-0.1, -0.05) is 0 Å². The Morgan fingerprint density at radius 2 is 2.31 bits per heavy atom. The normalized spacial score (nSPS) is 26.3. The summed E-state index contributed by atoms with van der Waals surface area (Å²) in [5, 5.41) is 9.16. The van der Waals surface area contributed by atoms with Crippen LogP contribution in [0.25, 0.3) is 0 Å². The van der Waals surface area contributed by atoms with Crippen LogP contribution in [0.4, 0.5) is 0 Å². The number of hydrogen-bond acceptors (Lipinski definition) is 4. The average Bonchev–Trinajstić information content (AvgIpc) is 2.18. The minimum absolute atomic E-state index is 0.0445. The second kappa shape index (κ2) is 4.37. The third-order valence-electron chi connectivity index (χ3n) is 2.72. The van der Waals surface area contributed by atoms with Crippen molar-refractivity contribution in [2.45, 2.75) is 25.4 Å². The van der Waals surface area contributed by atoms with Crippen LogP contribution in [0.15, 0.2) is 0 Å². The molecule has 1 atom stereocenters. The van der Waals surface area contributed by atoms with Crippen molar-refractivity contribution in [3.05, 3.63) is 0 Å². The fourth-order valence-electron chi connectivity index (χ4n) is 1.72. The summed E-state index contributed by atoms with van der Waals surface area (Å²) < 4.78 is 5.30. The van der Waals surface area contributed by atoms with Crippen LogP contribution in [0.5, 0.6) is 0 Å². The quantitative estimate of drug-likeness (QED) is 0.622. The Morgan fingerprint density at radius 1 is 1.62 bits per heavy atom. The maximum atomic E-state index is 9.16. The molecule has 1 fully saturated rings. The summed E-state index contributed by atoms with van der Waals surface area (Å²) in [5.41, 5.74) is 5.65. The van der Waals surface area contributed by atoms with E-state index in [2.05, 4.69) is 18.7 Å². The number of rotatable bonds is 3. The van der Waals surface area contributed by atoms with Gasteiger partial charge in [-0.2, -0.15) is 0 Å². The van der Waals surface area contributed by atoms with Crippen LogP contribution in [-0.2, 0) is 4.74 Å². The van der Waals surface area contributed by atoms with Crippen LogP contribution in [0.3, 0.4) is 0 Å². The van der Waals surface area contributed by atoms with Gasteiger partial charge in [0, 0.05) is 18.6 Å². The highest BCUT2D eigenvalue weighted by Gasteiger charge is 2.33. The van der Waals surface area contributed by atoms with Crippen LogP contribution >= 0.6 is 0 Å². The third-order valence-corrected chi connectivity index (χ3v) is 2.72. The molecule has 3 N–H and O–H groups in total. The molecule has 0 aromatic heterocycles. The number of nitrogens with two attached hydrogens (primary N) is 1. The van der Waals surface area contributed by atoms with E-state index in [1.165, 1.54) is 0 Å². The minimum atomic E-state index is -0.0445. The summed E-state index contributed by atoms with van der Waals surface area (Å²) in [5.74, 6) is 0. The summed E-state index contributed by atoms with van der Waals surface area (Å²) in [6, 6.07) is 0.104. The maximum absolute atomic E-state index is 9.16. The van der Waals surface area contributed by atoms with E-state index < -0.39 is 0 Å². The Balaban J connectivity index is 2.63. The number of morpholine rings is 1. The molecule has 1 unspecified atom stereocenters. The molecule has 0 aliphatic carbocycles. The van der Waals surface area contributed by atoms with E-state index in [-0.39, 0.29) is 18.2 Å². The van der Waals surface area contributed by atoms with E-state index in [4.69, 9.17) is 15.6 Å². The van der Waals surface area contributed by atoms with E-state index >= 15 is 0 Å². The van der Waals surface area contributed by atoms with Gasteiger partial charge in [-0.3, -0.25) is 4.90 Å². The highest BCUT2D eigenvalue weighted by Crippen LogP contribution is 2.19. The zero-order valence-corrected chi connectivity index (χ0v) is 8.49. The Hall–Kier alpha value is -0.160. The van der Waals surface area contributed by atoms with Gasteiger partial charge in [-0.15, -0.1) is 0 Å². The van der Waals surface area contributed by atoms with Gasteiger partial charge < -0.3 is 15.6 Å². The fraction of sp³-hybridized carbons (Fsp3) is 1.00. The Bertz CT molecular complexity index is 162. The van der Waals surface area contributed by atoms with Crippen molar-refractivity contribution in [2.24, 2.45) is 5.73 Å². The first-order chi connectivity index (χ1) is 6.11. The summed E-state index contributed by atoms with van der Waals surface area (Å²) >= 11 is 0. The van der Waals surface area contributed by atoms with Crippen molar-refractivity contribution in [2.75, 3.05) is 32.9 Å². The topological polar surface area (TPSA) is 58.7 Å². The van der Waals surface area contributed by atoms with E-state index in [1.54, 1.807) is 0 Å². The van der Waals surface area contributed by atoms with Gasteiger partial charge in [0.05, 0.1) is 25.9 Å². The molecular weight excluding hydrogens is 168 g/mol. The van der Waals surface area contributed by atoms with Crippen molar-refractivity contribution in [3.8, 4) is 0 Å². The summed E-state index contributed by atoms with van der Waals surface area (Å²) in [4.78, 5) is 2.23. The number of nitrogens with zero attached hydrogens (tertiary/aromatic N) is 1. The second-order valence-electron chi connectivity index (χ2n) is 4.12. The molecule has 0 radical (unpaired) electrons. The zero-order chi connectivity index (χ0) is 9.90. The van der Waals surface area contributed by atoms with Crippen LogP contribution in [0.1, 0.15) is 13.8 Å². The molecule has 0 bridgehead atoms. The fourth-order valence-corrected chi connectivity index (χ4v) is 1.72. The highest BCUT2D eigenvalue weighted by molar-refractivity contribution is 4.88. The van der Waals surface area contributed by atoms with Gasteiger partial charge >= 0.3 is 0 Å². The Morgan fingerprint density at radius 3 is 2.85 bits per heavy atom. The lowest BCUT2D eigenvalue weighted by Crippen LogP contribution is -2.59. The van der Waals surface area contributed by atoms with Crippen molar-refractivity contribution in [1.29, 1.82) is 0 Å². The molecular formula is C9H20N2O2. The van der Waals surface area contributed by atoms with Gasteiger partial charge in [0.1, 0.15) is 0 Å². The molecule has 1 aliphatic rings. The molecule has 13 heavy (non-hydrogen) atoms. The van der Waals surface area contributed by atoms with Crippen LogP contribution in [-0.4, -0.2) is 54.5 Å². The third kappa shape index (κ3) is 2.40. The van der Waals surface area contributed by atoms with E-state index in [9.17, 15) is 0 Å². The first-order valence-corrected chi connectivity index (χ1v) is 4.77. The first kappa shape index (κ1) is 10.9. The minimum Gasteiger partial charge on any atom is -0.395 e. The molecule has 1 rings (SSSR count). The van der Waals surface area contributed by atoms with Gasteiger partial charge in [0.25, 0.3) is 0 Å². The molecule has 0 aromatic rings. The molecule has 0 aromatic carbocycles. The number of aliphatic hydroxyl groups is 1. The maximum Gasteiger partial charge on any atom is 0.0645 e. The lowest BCUT2D eigenvalue weighted by molar-refractivity contribution is -0.0680. The lowest BCUT2D eigenvalue weighted by Gasteiger charge is -2.45. The summed E-state index contributed by atoms with van der Waals surface area (Å²) in [7, 11) is 0. The number of hydrogen-bond donors (Lipinski definition) is 2. The molecule has 0 spiro atoms. The molecule has 1 heterocycles. The van der Waals surface area contributed by atoms with Crippen LogP contribution in [0, 0.1) is 0 Å². The summed E-state index contributed by atoms with van der Waals surface area (Å²) in [6.45, 7) is 7.14. The smallest absolute Gasteiger partial charge is 0.0645 e. The molecule has 4 heteroatoms. The van der Waals surface area contributed by atoms with Gasteiger partial charge in [0.2, 0.25) is 0 Å². The van der Waals surface area contributed by atoms with Crippen LogP contribution < -0.4 is 5.73 Å². The second-order valence-corrected chi connectivity index (χ2v) is 4.12. The molecule has 1 saturated heterocycles. The van der Waals surface area contributed by atoms with Gasteiger partial charge in [-0.05, 0) is 13.8 Å². The molecule has 78 valence electrons. The Labute approximate surface area is 79.7 Å². The highest BCUT2D eigenvalue weighted by atomic mass is 16.5. The SMILES string of the molecule is CC(C)(CN)N1CCOCC1CO. The zero-order valence-electron chi connectivity index (χ0n) is 8.49. The van der Waals surface area contributed by atoms with Crippen molar-refractivity contribution in [1.82, 2.24) is 4.90 Å². The molecule has 0 amide bonds. The predicted molar refractivity (Wildman–Crippen MR) is 51.5 cm³/mol. The largest absolute Gasteiger partial charge is 0.395 e. The number of ether oxygens (including phenoxy) is 1. The lowest BCUT2D eigenvalue weighted by atomic mass is 10.00. The van der Waals surface area contributed by atoms with Crippen molar-refractivity contribution < 1.29 is 9.84 Å². The predicted octanol–water partition coefficient (Wildman–Crippen LogP) is -0.583. The number of aliphatic hydroxyl groups excluding tert-OH is 1. The van der Waals surface area contributed by atoms with E-state index in [0.29, 0.717) is 13.2 Å². The van der Waals surface area contributed by atoms with Gasteiger partial charge in [-0.25, -0.2) is 0 Å². The van der Waals surface area contributed by atoms with E-state index in [1.807, 2.05) is 0 Å². The van der Waals surface area contributed by atoms with Crippen LogP contribution in [0.2, 0.25) is 0 Å². The standard InChI is InChI=1S/C9H20N2O2/c1-9(2,7-10)11-3-4-13-6-8(11)5-12/h8,12H,3-7,10H2,1-2H3. The molecule has 1 aliphatic heterocycles. The molecule has 4 nitrogen and oxygen atoms in total. The first-order valence-electron chi connectivity index (χ1n) is 4.77. The summed E-state index contributed by atoms with van der Waals surface area (Å²) in [6.07, 6.45) is 0. The average molecular weight is 188 g/mol. The molecule has 0 saturated carbocycles. The monoisotopic (exact) mass is 188 g/mol. The van der Waals surface area contributed by atoms with Crippen molar-refractivity contribution >= 4 is 0 Å². The van der Waals surface area contributed by atoms with Gasteiger partial charge in [0.15, 0.2) is 0 Å².